The second kappa shape index (κ2) is 9.00. The van der Waals surface area contributed by atoms with Crippen molar-refractivity contribution in [3.63, 3.8) is 0 Å². The summed E-state index contributed by atoms with van der Waals surface area (Å²) < 4.78 is 4.16. The highest BCUT2D eigenvalue weighted by molar-refractivity contribution is 7.15. The molecular weight excluding hydrogens is 530 g/mol. The average molecular weight is 554 g/mol. The molecule has 0 saturated heterocycles. The predicted molar refractivity (Wildman–Crippen MR) is 153 cm³/mol. The molecule has 7 rings (SSSR count). The lowest BCUT2D eigenvalue weighted by molar-refractivity contribution is -0.116. The average Bonchev–Trinajstić information content (AvgIpc) is 3.64. The largest absolute Gasteiger partial charge is 0.327 e. The number of thiophene rings is 1. The number of anilines is 1. The van der Waals surface area contributed by atoms with E-state index in [1.54, 1.807) is 11.3 Å². The van der Waals surface area contributed by atoms with Gasteiger partial charge in [-0.3, -0.25) is 14.4 Å². The van der Waals surface area contributed by atoms with Crippen LogP contribution in [-0.2, 0) is 11.3 Å². The van der Waals surface area contributed by atoms with Gasteiger partial charge in [0.1, 0.15) is 22.7 Å². The summed E-state index contributed by atoms with van der Waals surface area (Å²) in [6, 6.07) is 13.1. The zero-order valence-corrected chi connectivity index (χ0v) is 23.1. The molecule has 194 valence electrons. The van der Waals surface area contributed by atoms with Gasteiger partial charge in [0.2, 0.25) is 5.91 Å². The Kier molecular flexibility index (Phi) is 5.54. The molecule has 1 unspecified atom stereocenters. The number of amides is 1. The fourth-order valence-electron chi connectivity index (χ4n) is 5.41. The Hall–Kier alpha value is -4.08. The Morgan fingerprint density at radius 2 is 1.95 bits per heavy atom. The van der Waals surface area contributed by atoms with Crippen molar-refractivity contribution in [2.75, 3.05) is 5.32 Å². The Labute approximate surface area is 234 Å². The van der Waals surface area contributed by atoms with Crippen molar-refractivity contribution in [3.8, 4) is 16.4 Å². The number of aromatic nitrogens is 5. The van der Waals surface area contributed by atoms with Crippen LogP contribution >= 0.6 is 22.9 Å². The van der Waals surface area contributed by atoms with Gasteiger partial charge in [-0.25, -0.2) is 4.98 Å². The zero-order valence-electron chi connectivity index (χ0n) is 21.6. The molecule has 5 aromatic rings. The monoisotopic (exact) mass is 553 g/mol. The number of carbonyl (C=O) groups is 1. The van der Waals surface area contributed by atoms with Crippen molar-refractivity contribution in [1.82, 2.24) is 24.3 Å². The van der Waals surface area contributed by atoms with Gasteiger partial charge < -0.3 is 9.88 Å². The minimum absolute atomic E-state index is 0.126. The summed E-state index contributed by atoms with van der Waals surface area (Å²) in [5.41, 5.74) is 6.97. The van der Waals surface area contributed by atoms with Crippen molar-refractivity contribution in [3.05, 3.63) is 98.7 Å². The topological polar surface area (TPSA) is 90.0 Å². The Morgan fingerprint density at radius 1 is 1.13 bits per heavy atom. The smallest absolute Gasteiger partial charge is 0.227 e. The Balaban J connectivity index is 1.25. The lowest BCUT2D eigenvalue weighted by atomic mass is 9.99. The minimum atomic E-state index is -0.518. The molecule has 1 amide bonds. The van der Waals surface area contributed by atoms with Crippen molar-refractivity contribution in [2.45, 2.75) is 39.8 Å². The van der Waals surface area contributed by atoms with E-state index >= 15 is 0 Å². The molecule has 0 saturated carbocycles. The number of imidazole rings is 1. The normalized spacial score (nSPS) is 15.2. The van der Waals surface area contributed by atoms with Gasteiger partial charge in [-0.1, -0.05) is 23.7 Å². The number of halogens is 1. The maximum Gasteiger partial charge on any atom is 0.227 e. The molecule has 0 radical (unpaired) electrons. The number of aryl methyl sites for hydroxylation is 2. The van der Waals surface area contributed by atoms with Gasteiger partial charge in [0.15, 0.2) is 5.82 Å². The molecule has 1 N–H and O–H groups in total. The minimum Gasteiger partial charge on any atom is -0.327 e. The van der Waals surface area contributed by atoms with Crippen molar-refractivity contribution < 1.29 is 4.79 Å². The first-order chi connectivity index (χ1) is 18.9. The molecule has 5 heterocycles. The molecule has 0 aliphatic carbocycles. The zero-order chi connectivity index (χ0) is 26.8. The third-order valence-electron chi connectivity index (χ3n) is 7.42. The molecule has 0 fully saturated rings. The SMILES string of the molecule is Cc1sc2c(c1C)C(c1ccc(Cl)cc1)=NC(CC(=O)Nc1ccc3c(c1)Cn1ccnc1-3)c1nnc(C)n1-2. The van der Waals surface area contributed by atoms with Crippen LogP contribution in [0.4, 0.5) is 5.69 Å². The second-order valence-electron chi connectivity index (χ2n) is 9.91. The maximum absolute atomic E-state index is 13.4. The standard InChI is InChI=1S/C29H24ClN7OS/c1-15-16(2)39-29-25(15)26(18-4-6-20(30)7-5-18)33-23(28-35-34-17(3)37(28)29)13-24(38)32-21-8-9-22-19(12-21)14-36-11-10-31-27(22)36/h4-12,23H,13-14H2,1-3H3,(H,32,38). The highest BCUT2D eigenvalue weighted by Gasteiger charge is 2.32. The van der Waals surface area contributed by atoms with E-state index in [2.05, 4.69) is 43.5 Å². The number of rotatable bonds is 4. The predicted octanol–water partition coefficient (Wildman–Crippen LogP) is 6.05. The Bertz CT molecular complexity index is 1810. The van der Waals surface area contributed by atoms with Crippen LogP contribution in [0.15, 0.2) is 59.9 Å². The van der Waals surface area contributed by atoms with Crippen molar-refractivity contribution in [2.24, 2.45) is 4.99 Å². The van der Waals surface area contributed by atoms with Gasteiger partial charge >= 0.3 is 0 Å². The maximum atomic E-state index is 13.4. The molecule has 2 aliphatic rings. The van der Waals surface area contributed by atoms with Gasteiger partial charge in [-0.05, 0) is 62.2 Å². The summed E-state index contributed by atoms with van der Waals surface area (Å²) in [4.78, 5) is 24.3. The third-order valence-corrected chi connectivity index (χ3v) is 8.87. The van der Waals surface area contributed by atoms with E-state index in [1.165, 1.54) is 4.88 Å². The number of aliphatic imine (C=N–C) groups is 1. The summed E-state index contributed by atoms with van der Waals surface area (Å²) in [7, 11) is 0. The lowest BCUT2D eigenvalue weighted by Gasteiger charge is -2.13. The molecule has 0 bridgehead atoms. The third kappa shape index (κ3) is 3.92. The number of carbonyl (C=O) groups excluding carboxylic acids is 1. The van der Waals surface area contributed by atoms with E-state index in [4.69, 9.17) is 16.6 Å². The highest BCUT2D eigenvalue weighted by atomic mass is 35.5. The molecule has 39 heavy (non-hydrogen) atoms. The summed E-state index contributed by atoms with van der Waals surface area (Å²) in [6.07, 6.45) is 3.90. The fourth-order valence-corrected chi connectivity index (χ4v) is 6.75. The number of fused-ring (bicyclic) bond motifs is 6. The highest BCUT2D eigenvalue weighted by Crippen LogP contribution is 2.40. The second-order valence-corrected chi connectivity index (χ2v) is 11.5. The summed E-state index contributed by atoms with van der Waals surface area (Å²) in [5.74, 6) is 2.24. The van der Waals surface area contributed by atoms with Crippen molar-refractivity contribution in [1.29, 1.82) is 0 Å². The number of nitrogens with zero attached hydrogens (tertiary/aromatic N) is 6. The van der Waals surface area contributed by atoms with Crippen molar-refractivity contribution >= 4 is 40.2 Å². The van der Waals surface area contributed by atoms with Crippen LogP contribution in [0.2, 0.25) is 5.02 Å². The molecule has 8 nitrogen and oxygen atoms in total. The van der Waals surface area contributed by atoms with E-state index in [0.29, 0.717) is 10.8 Å². The lowest BCUT2D eigenvalue weighted by Crippen LogP contribution is -2.17. The van der Waals surface area contributed by atoms with Crippen LogP contribution in [-0.4, -0.2) is 35.9 Å². The van der Waals surface area contributed by atoms with Gasteiger partial charge in [0.25, 0.3) is 0 Å². The Morgan fingerprint density at radius 3 is 2.77 bits per heavy atom. The van der Waals surface area contributed by atoms with Crippen LogP contribution in [0.3, 0.4) is 0 Å². The van der Waals surface area contributed by atoms with Gasteiger partial charge in [0, 0.05) is 51.2 Å². The van der Waals surface area contributed by atoms with Crippen LogP contribution in [0.5, 0.6) is 0 Å². The van der Waals surface area contributed by atoms with Crippen LogP contribution in [0, 0.1) is 20.8 Å². The molecular formula is C29H24ClN7OS. The first kappa shape index (κ1) is 24.0. The van der Waals surface area contributed by atoms with Gasteiger partial charge in [0.05, 0.1) is 12.1 Å². The molecule has 2 aromatic carbocycles. The van der Waals surface area contributed by atoms with Gasteiger partial charge in [-0.2, -0.15) is 0 Å². The van der Waals surface area contributed by atoms with E-state index in [1.807, 2.05) is 61.8 Å². The van der Waals surface area contributed by atoms with E-state index in [0.717, 1.165) is 62.4 Å². The van der Waals surface area contributed by atoms with Crippen LogP contribution < -0.4 is 5.32 Å². The number of hydrogen-bond acceptors (Lipinski definition) is 6. The molecule has 10 heteroatoms. The van der Waals surface area contributed by atoms with Crippen LogP contribution in [0.25, 0.3) is 16.4 Å². The van der Waals surface area contributed by atoms with E-state index in [9.17, 15) is 4.79 Å². The van der Waals surface area contributed by atoms with E-state index in [-0.39, 0.29) is 12.3 Å². The van der Waals surface area contributed by atoms with Gasteiger partial charge in [-0.15, -0.1) is 21.5 Å². The number of hydrogen-bond donors (Lipinski definition) is 1. The van der Waals surface area contributed by atoms with Crippen LogP contribution in [0.1, 0.15) is 51.2 Å². The summed E-state index contributed by atoms with van der Waals surface area (Å²) in [6.45, 7) is 6.91. The quantitative estimate of drug-likeness (QED) is 0.287. The molecule has 3 aromatic heterocycles. The fraction of sp³-hybridized carbons (Fsp3) is 0.207. The molecule has 1 atom stereocenters. The first-order valence-electron chi connectivity index (χ1n) is 12.7. The van der Waals surface area contributed by atoms with E-state index < -0.39 is 6.04 Å². The first-order valence-corrected chi connectivity index (χ1v) is 13.9. The summed E-state index contributed by atoms with van der Waals surface area (Å²) >= 11 is 7.90. The molecule has 0 spiro atoms. The molecule has 2 aliphatic heterocycles. The number of nitrogens with one attached hydrogen (secondary N) is 1. The number of benzene rings is 2. The summed E-state index contributed by atoms with van der Waals surface area (Å²) in [5, 5.41) is 13.6.